The smallest absolute Gasteiger partial charge is 0.315 e. The maximum atomic E-state index is 11.3. The number of urea groups is 1. The Morgan fingerprint density at radius 2 is 1.95 bits per heavy atom. The molecule has 0 spiro atoms. The maximum Gasteiger partial charge on any atom is 0.315 e. The van der Waals surface area contributed by atoms with Crippen molar-refractivity contribution < 1.29 is 4.79 Å². The van der Waals surface area contributed by atoms with Gasteiger partial charge in [0.2, 0.25) is 0 Å². The fraction of sp³-hybridized carbons (Fsp3) is 0.235. The first-order valence-corrected chi connectivity index (χ1v) is 7.33. The quantitative estimate of drug-likeness (QED) is 0.743. The number of aryl methyl sites for hydroxylation is 1. The van der Waals surface area contributed by atoms with Crippen LogP contribution in [0.5, 0.6) is 0 Å². The van der Waals surface area contributed by atoms with E-state index in [9.17, 15) is 4.79 Å². The van der Waals surface area contributed by atoms with Crippen molar-refractivity contribution in [2.24, 2.45) is 0 Å². The Morgan fingerprint density at radius 1 is 1.14 bits per heavy atom. The zero-order valence-electron chi connectivity index (χ0n) is 11.9. The van der Waals surface area contributed by atoms with E-state index in [4.69, 9.17) is 0 Å². The van der Waals surface area contributed by atoms with E-state index in [-0.39, 0.29) is 12.1 Å². The Hall–Kier alpha value is -2.49. The summed E-state index contributed by atoms with van der Waals surface area (Å²) in [6.07, 6.45) is 0. The van der Waals surface area contributed by atoms with Crippen molar-refractivity contribution in [3.63, 3.8) is 0 Å². The summed E-state index contributed by atoms with van der Waals surface area (Å²) in [7, 11) is 0. The molecule has 0 radical (unpaired) electrons. The SMILES string of the molecule is CCn1c2ccccc2c2cc([C@@H]3CNC(=O)N3)ccc21. The van der Waals surface area contributed by atoms with Crippen LogP contribution in [0.1, 0.15) is 18.5 Å². The van der Waals surface area contributed by atoms with Crippen LogP contribution in [0.3, 0.4) is 0 Å². The number of hydrogen-bond donors (Lipinski definition) is 2. The Kier molecular flexibility index (Phi) is 2.64. The molecule has 1 aliphatic rings. The molecule has 1 aliphatic heterocycles. The van der Waals surface area contributed by atoms with Gasteiger partial charge in [0.15, 0.2) is 0 Å². The number of nitrogens with zero attached hydrogens (tertiary/aromatic N) is 1. The second kappa shape index (κ2) is 4.52. The molecule has 2 N–H and O–H groups in total. The molecule has 106 valence electrons. The van der Waals surface area contributed by atoms with Crippen LogP contribution < -0.4 is 10.6 Å². The number of fused-ring (bicyclic) bond motifs is 3. The molecule has 2 aromatic carbocycles. The summed E-state index contributed by atoms with van der Waals surface area (Å²) < 4.78 is 2.33. The third-order valence-electron chi connectivity index (χ3n) is 4.29. The number of para-hydroxylation sites is 1. The monoisotopic (exact) mass is 279 g/mol. The lowest BCUT2D eigenvalue weighted by atomic mass is 10.0. The highest BCUT2D eigenvalue weighted by molar-refractivity contribution is 6.08. The van der Waals surface area contributed by atoms with E-state index in [0.29, 0.717) is 6.54 Å². The van der Waals surface area contributed by atoms with E-state index in [1.54, 1.807) is 0 Å². The molecule has 0 unspecified atom stereocenters. The first-order chi connectivity index (χ1) is 10.3. The van der Waals surface area contributed by atoms with Crippen molar-refractivity contribution in [1.82, 2.24) is 15.2 Å². The zero-order valence-corrected chi connectivity index (χ0v) is 11.9. The van der Waals surface area contributed by atoms with Crippen LogP contribution in [0, 0.1) is 0 Å². The van der Waals surface area contributed by atoms with Gasteiger partial charge in [-0.15, -0.1) is 0 Å². The zero-order chi connectivity index (χ0) is 14.4. The van der Waals surface area contributed by atoms with Crippen molar-refractivity contribution >= 4 is 27.8 Å². The standard InChI is InChI=1S/C17H17N3O/c1-2-20-15-6-4-3-5-12(15)13-9-11(7-8-16(13)20)14-10-18-17(21)19-14/h3-9,14H,2,10H2,1H3,(H2,18,19,21)/t14-/m0/s1. The Labute approximate surface area is 122 Å². The van der Waals surface area contributed by atoms with Crippen LogP contribution in [0.4, 0.5) is 4.79 Å². The molecule has 1 atom stereocenters. The predicted octanol–water partition coefficient (Wildman–Crippen LogP) is 3.17. The van der Waals surface area contributed by atoms with Gasteiger partial charge in [0, 0.05) is 34.9 Å². The third-order valence-corrected chi connectivity index (χ3v) is 4.29. The largest absolute Gasteiger partial charge is 0.341 e. The van der Waals surface area contributed by atoms with Gasteiger partial charge in [0.05, 0.1) is 6.04 Å². The third kappa shape index (κ3) is 1.79. The second-order valence-corrected chi connectivity index (χ2v) is 5.44. The second-order valence-electron chi connectivity index (χ2n) is 5.44. The van der Waals surface area contributed by atoms with E-state index >= 15 is 0 Å². The topological polar surface area (TPSA) is 46.1 Å². The van der Waals surface area contributed by atoms with Gasteiger partial charge in [-0.1, -0.05) is 24.3 Å². The van der Waals surface area contributed by atoms with Gasteiger partial charge in [-0.25, -0.2) is 4.79 Å². The van der Waals surface area contributed by atoms with E-state index in [1.165, 1.54) is 21.8 Å². The average molecular weight is 279 g/mol. The molecule has 0 aliphatic carbocycles. The minimum absolute atomic E-state index is 0.0608. The molecule has 4 nitrogen and oxygen atoms in total. The highest BCUT2D eigenvalue weighted by Gasteiger charge is 2.22. The van der Waals surface area contributed by atoms with E-state index in [0.717, 1.165) is 12.1 Å². The van der Waals surface area contributed by atoms with Gasteiger partial charge in [-0.05, 0) is 30.7 Å². The molecule has 1 fully saturated rings. The first kappa shape index (κ1) is 12.3. The molecule has 1 aromatic heterocycles. The van der Waals surface area contributed by atoms with Gasteiger partial charge >= 0.3 is 6.03 Å². The van der Waals surface area contributed by atoms with Crippen LogP contribution in [-0.4, -0.2) is 17.1 Å². The minimum Gasteiger partial charge on any atom is -0.341 e. The summed E-state index contributed by atoms with van der Waals surface area (Å²) in [6, 6.07) is 15.0. The van der Waals surface area contributed by atoms with Crippen LogP contribution in [-0.2, 0) is 6.54 Å². The van der Waals surface area contributed by atoms with Crippen molar-refractivity contribution in [2.45, 2.75) is 19.5 Å². The molecule has 1 saturated heterocycles. The van der Waals surface area contributed by atoms with Gasteiger partial charge in [-0.3, -0.25) is 0 Å². The fourth-order valence-electron chi connectivity index (χ4n) is 3.28. The molecule has 3 aromatic rings. The van der Waals surface area contributed by atoms with Crippen molar-refractivity contribution in [1.29, 1.82) is 0 Å². The van der Waals surface area contributed by atoms with Crippen molar-refractivity contribution in [2.75, 3.05) is 6.54 Å². The number of hydrogen-bond acceptors (Lipinski definition) is 1. The van der Waals surface area contributed by atoms with Gasteiger partial charge < -0.3 is 15.2 Å². The summed E-state index contributed by atoms with van der Waals surface area (Å²) in [5.41, 5.74) is 3.67. The highest BCUT2D eigenvalue weighted by atomic mass is 16.2. The Bertz CT molecular complexity index is 850. The normalized spacial score (nSPS) is 18.1. The average Bonchev–Trinajstić information content (AvgIpc) is 3.08. The summed E-state index contributed by atoms with van der Waals surface area (Å²) >= 11 is 0. The Morgan fingerprint density at radius 3 is 2.71 bits per heavy atom. The maximum absolute atomic E-state index is 11.3. The summed E-state index contributed by atoms with van der Waals surface area (Å²) in [6.45, 7) is 3.77. The van der Waals surface area contributed by atoms with Crippen molar-refractivity contribution in [3.05, 3.63) is 48.0 Å². The summed E-state index contributed by atoms with van der Waals surface area (Å²) in [5.74, 6) is 0. The molecule has 2 amide bonds. The van der Waals surface area contributed by atoms with Crippen LogP contribution in [0.2, 0.25) is 0 Å². The van der Waals surface area contributed by atoms with Crippen LogP contribution >= 0.6 is 0 Å². The molecular weight excluding hydrogens is 262 g/mol. The minimum atomic E-state index is -0.0870. The molecule has 0 saturated carbocycles. The number of carbonyl (C=O) groups is 1. The molecule has 21 heavy (non-hydrogen) atoms. The van der Waals surface area contributed by atoms with E-state index < -0.39 is 0 Å². The predicted molar refractivity (Wildman–Crippen MR) is 84.4 cm³/mol. The lowest BCUT2D eigenvalue weighted by Gasteiger charge is -2.09. The van der Waals surface area contributed by atoms with Crippen LogP contribution in [0.25, 0.3) is 21.8 Å². The molecule has 2 heterocycles. The lowest BCUT2D eigenvalue weighted by molar-refractivity contribution is 0.247. The fourth-order valence-corrected chi connectivity index (χ4v) is 3.28. The molecule has 4 heteroatoms. The number of amides is 2. The van der Waals surface area contributed by atoms with Gasteiger partial charge in [0.25, 0.3) is 0 Å². The molecule has 0 bridgehead atoms. The number of nitrogens with one attached hydrogen (secondary N) is 2. The number of carbonyl (C=O) groups excluding carboxylic acids is 1. The number of benzene rings is 2. The molecular formula is C17H17N3O. The van der Waals surface area contributed by atoms with E-state index in [1.807, 2.05) is 0 Å². The highest BCUT2D eigenvalue weighted by Crippen LogP contribution is 2.31. The van der Waals surface area contributed by atoms with Gasteiger partial charge in [-0.2, -0.15) is 0 Å². The van der Waals surface area contributed by atoms with Crippen LogP contribution in [0.15, 0.2) is 42.5 Å². The van der Waals surface area contributed by atoms with E-state index in [2.05, 4.69) is 64.6 Å². The Balaban J connectivity index is 1.95. The number of aromatic nitrogens is 1. The molecule has 4 rings (SSSR count). The van der Waals surface area contributed by atoms with Crippen molar-refractivity contribution in [3.8, 4) is 0 Å². The number of rotatable bonds is 2. The first-order valence-electron chi connectivity index (χ1n) is 7.33. The van der Waals surface area contributed by atoms with Gasteiger partial charge in [0.1, 0.15) is 0 Å². The lowest BCUT2D eigenvalue weighted by Crippen LogP contribution is -2.21. The summed E-state index contributed by atoms with van der Waals surface area (Å²) in [5, 5.41) is 8.29. The summed E-state index contributed by atoms with van der Waals surface area (Å²) in [4.78, 5) is 11.3.